The Balaban J connectivity index is 1.68. The molecule has 106 valence electrons. The highest BCUT2D eigenvalue weighted by Crippen LogP contribution is 2.18. The van der Waals surface area contributed by atoms with Gasteiger partial charge < -0.3 is 5.32 Å². The molecule has 0 radical (unpaired) electrons. The van der Waals surface area contributed by atoms with Crippen molar-refractivity contribution in [3.05, 3.63) is 44.3 Å². The van der Waals surface area contributed by atoms with E-state index in [-0.39, 0.29) is 11.7 Å². The molecule has 2 aromatic heterocycles. The van der Waals surface area contributed by atoms with Crippen molar-refractivity contribution in [1.82, 2.24) is 5.32 Å². The summed E-state index contributed by atoms with van der Waals surface area (Å²) in [7, 11) is 0. The van der Waals surface area contributed by atoms with Crippen molar-refractivity contribution < 1.29 is 9.59 Å². The standard InChI is InChI=1S/C14H15NO2S3/c1-10(16)12-4-5-13(20-12)14(17)15-6-8-18-9-11-3-2-7-19-11/h2-5,7H,6,8-9H2,1H3,(H,15,17). The van der Waals surface area contributed by atoms with Crippen molar-refractivity contribution in [3.63, 3.8) is 0 Å². The molecule has 0 aliphatic carbocycles. The fourth-order valence-electron chi connectivity index (χ4n) is 1.54. The molecule has 1 N–H and O–H groups in total. The first-order valence-electron chi connectivity index (χ1n) is 6.16. The SMILES string of the molecule is CC(=O)c1ccc(C(=O)NCCSCc2cccs2)s1. The number of carbonyl (C=O) groups excluding carboxylic acids is 2. The van der Waals surface area contributed by atoms with Crippen molar-refractivity contribution in [3.8, 4) is 0 Å². The highest BCUT2D eigenvalue weighted by Gasteiger charge is 2.10. The van der Waals surface area contributed by atoms with Crippen LogP contribution in [0, 0.1) is 0 Å². The second-order valence-electron chi connectivity index (χ2n) is 4.11. The summed E-state index contributed by atoms with van der Waals surface area (Å²) in [5, 5.41) is 4.94. The first-order chi connectivity index (χ1) is 9.66. The maximum Gasteiger partial charge on any atom is 0.261 e. The number of rotatable bonds is 7. The Morgan fingerprint density at radius 2 is 2.05 bits per heavy atom. The summed E-state index contributed by atoms with van der Waals surface area (Å²) in [4.78, 5) is 25.6. The zero-order valence-electron chi connectivity index (χ0n) is 11.0. The Morgan fingerprint density at radius 3 is 2.70 bits per heavy atom. The van der Waals surface area contributed by atoms with E-state index < -0.39 is 0 Å². The highest BCUT2D eigenvalue weighted by atomic mass is 32.2. The van der Waals surface area contributed by atoms with Crippen molar-refractivity contribution >= 4 is 46.1 Å². The van der Waals surface area contributed by atoms with Crippen LogP contribution in [0.15, 0.2) is 29.6 Å². The van der Waals surface area contributed by atoms with Gasteiger partial charge in [-0.25, -0.2) is 0 Å². The summed E-state index contributed by atoms with van der Waals surface area (Å²) in [5.41, 5.74) is 0. The predicted molar refractivity (Wildman–Crippen MR) is 87.1 cm³/mol. The van der Waals surface area contributed by atoms with Gasteiger partial charge in [-0.15, -0.1) is 22.7 Å². The molecular weight excluding hydrogens is 310 g/mol. The monoisotopic (exact) mass is 325 g/mol. The van der Waals surface area contributed by atoms with E-state index in [1.807, 2.05) is 6.07 Å². The van der Waals surface area contributed by atoms with Crippen LogP contribution < -0.4 is 5.32 Å². The molecule has 0 aromatic carbocycles. The van der Waals surface area contributed by atoms with Gasteiger partial charge >= 0.3 is 0 Å². The second kappa shape index (κ2) is 7.61. The van der Waals surface area contributed by atoms with Gasteiger partial charge in [0.25, 0.3) is 5.91 Å². The third kappa shape index (κ3) is 4.47. The Kier molecular flexibility index (Phi) is 5.82. The lowest BCUT2D eigenvalue weighted by molar-refractivity contribution is 0.0959. The molecule has 1 amide bonds. The molecule has 0 atom stereocenters. The number of hydrogen-bond donors (Lipinski definition) is 1. The molecular formula is C14H15NO2S3. The van der Waals surface area contributed by atoms with E-state index in [4.69, 9.17) is 0 Å². The van der Waals surface area contributed by atoms with Crippen LogP contribution in [0.1, 0.15) is 31.1 Å². The van der Waals surface area contributed by atoms with Crippen LogP contribution in [-0.4, -0.2) is 24.0 Å². The van der Waals surface area contributed by atoms with Gasteiger partial charge in [0.2, 0.25) is 0 Å². The summed E-state index contributed by atoms with van der Waals surface area (Å²) in [5.74, 6) is 1.77. The maximum atomic E-state index is 11.9. The lowest BCUT2D eigenvalue weighted by atomic mass is 10.3. The van der Waals surface area contributed by atoms with Gasteiger partial charge in [-0.1, -0.05) is 6.07 Å². The lowest BCUT2D eigenvalue weighted by Gasteiger charge is -2.03. The van der Waals surface area contributed by atoms with E-state index in [1.165, 1.54) is 23.1 Å². The molecule has 0 bridgehead atoms. The summed E-state index contributed by atoms with van der Waals surface area (Å²) < 4.78 is 0. The number of thiophene rings is 2. The van der Waals surface area contributed by atoms with Crippen LogP contribution in [0.25, 0.3) is 0 Å². The molecule has 2 rings (SSSR count). The Hall–Kier alpha value is -1.11. The average molecular weight is 325 g/mol. The number of thioether (sulfide) groups is 1. The van der Waals surface area contributed by atoms with Crippen LogP contribution in [0.3, 0.4) is 0 Å². The number of hydrogen-bond acceptors (Lipinski definition) is 5. The number of ketones is 1. The topological polar surface area (TPSA) is 46.2 Å². The summed E-state index contributed by atoms with van der Waals surface area (Å²) in [6.07, 6.45) is 0. The zero-order chi connectivity index (χ0) is 14.4. The van der Waals surface area contributed by atoms with Crippen LogP contribution >= 0.6 is 34.4 Å². The zero-order valence-corrected chi connectivity index (χ0v) is 13.5. The average Bonchev–Trinajstić information content (AvgIpc) is 3.09. The molecule has 0 saturated carbocycles. The van der Waals surface area contributed by atoms with E-state index >= 15 is 0 Å². The number of amides is 1. The highest BCUT2D eigenvalue weighted by molar-refractivity contribution is 7.98. The van der Waals surface area contributed by atoms with E-state index in [9.17, 15) is 9.59 Å². The largest absolute Gasteiger partial charge is 0.351 e. The number of carbonyl (C=O) groups is 2. The third-order valence-electron chi connectivity index (χ3n) is 2.53. The first kappa shape index (κ1) is 15.3. The molecule has 6 heteroatoms. The Labute approximate surface area is 130 Å². The normalized spacial score (nSPS) is 10.4. The molecule has 0 saturated heterocycles. The minimum atomic E-state index is -0.0979. The fourth-order valence-corrected chi connectivity index (χ4v) is 4.06. The predicted octanol–water partition coefficient (Wildman–Crippen LogP) is 3.68. The maximum absolute atomic E-state index is 11.9. The summed E-state index contributed by atoms with van der Waals surface area (Å²) in [6.45, 7) is 2.15. The second-order valence-corrected chi connectivity index (χ2v) is 7.33. The molecule has 0 fully saturated rings. The van der Waals surface area contributed by atoms with Gasteiger partial charge in [-0.2, -0.15) is 11.8 Å². The van der Waals surface area contributed by atoms with Gasteiger partial charge in [0.05, 0.1) is 9.75 Å². The van der Waals surface area contributed by atoms with Crippen molar-refractivity contribution in [2.24, 2.45) is 0 Å². The van der Waals surface area contributed by atoms with Crippen LogP contribution in [0.5, 0.6) is 0 Å². The van der Waals surface area contributed by atoms with E-state index in [2.05, 4.69) is 16.8 Å². The third-order valence-corrected chi connectivity index (χ3v) is 5.79. The van der Waals surface area contributed by atoms with Gasteiger partial charge in [-0.3, -0.25) is 9.59 Å². The van der Waals surface area contributed by atoms with Crippen LogP contribution in [-0.2, 0) is 5.75 Å². The Bertz CT molecular complexity index is 575. The molecule has 20 heavy (non-hydrogen) atoms. The van der Waals surface area contributed by atoms with Gasteiger partial charge in [0.1, 0.15) is 0 Å². The summed E-state index contributed by atoms with van der Waals surface area (Å²) >= 11 is 4.80. The molecule has 2 aromatic rings. The molecule has 0 aliphatic heterocycles. The van der Waals surface area contributed by atoms with Gasteiger partial charge in [-0.05, 0) is 30.5 Å². The number of nitrogens with one attached hydrogen (secondary N) is 1. The van der Waals surface area contributed by atoms with Gasteiger partial charge in [0, 0.05) is 22.9 Å². The van der Waals surface area contributed by atoms with Crippen LogP contribution in [0.2, 0.25) is 0 Å². The minimum Gasteiger partial charge on any atom is -0.351 e. The molecule has 0 unspecified atom stereocenters. The summed E-state index contributed by atoms with van der Waals surface area (Å²) in [6, 6.07) is 7.57. The Morgan fingerprint density at radius 1 is 1.25 bits per heavy atom. The van der Waals surface area contributed by atoms with Crippen LogP contribution in [0.4, 0.5) is 0 Å². The lowest BCUT2D eigenvalue weighted by Crippen LogP contribution is -2.24. The molecule has 0 aliphatic rings. The smallest absolute Gasteiger partial charge is 0.261 e. The van der Waals surface area contributed by atoms with E-state index in [0.717, 1.165) is 11.5 Å². The van der Waals surface area contributed by atoms with Crippen molar-refractivity contribution in [1.29, 1.82) is 0 Å². The van der Waals surface area contributed by atoms with Gasteiger partial charge in [0.15, 0.2) is 5.78 Å². The quantitative estimate of drug-likeness (QED) is 0.624. The van der Waals surface area contributed by atoms with E-state index in [1.54, 1.807) is 35.2 Å². The molecule has 0 spiro atoms. The molecule has 2 heterocycles. The minimum absolute atomic E-state index is 0.000512. The first-order valence-corrected chi connectivity index (χ1v) is 9.01. The van der Waals surface area contributed by atoms with Crippen molar-refractivity contribution in [2.45, 2.75) is 12.7 Å². The van der Waals surface area contributed by atoms with E-state index in [0.29, 0.717) is 16.3 Å². The van der Waals surface area contributed by atoms with Crippen molar-refractivity contribution in [2.75, 3.05) is 12.3 Å². The number of Topliss-reactive ketones (excluding diaryl/α,β-unsaturated/α-hetero) is 1. The molecule has 3 nitrogen and oxygen atoms in total. The fraction of sp³-hybridized carbons (Fsp3) is 0.286.